The number of carbonyl (C=O) groups excluding carboxylic acids is 1. The number of likely N-dealkylation sites (tertiary alicyclic amines) is 1. The zero-order valence-corrected chi connectivity index (χ0v) is 15.4. The fourth-order valence-electron chi connectivity index (χ4n) is 3.02. The first-order chi connectivity index (χ1) is 11.4. The summed E-state index contributed by atoms with van der Waals surface area (Å²) in [6.07, 6.45) is 2.60. The molecule has 0 radical (unpaired) electrons. The van der Waals surface area contributed by atoms with Crippen molar-refractivity contribution in [2.75, 3.05) is 25.5 Å². The van der Waals surface area contributed by atoms with Gasteiger partial charge in [-0.25, -0.2) is 0 Å². The molecule has 1 fully saturated rings. The van der Waals surface area contributed by atoms with Crippen molar-refractivity contribution < 1.29 is 4.79 Å². The predicted molar refractivity (Wildman–Crippen MR) is 100 cm³/mol. The minimum Gasteiger partial charge on any atom is -0.352 e. The number of aliphatic imine (C=N–C) groups is 1. The summed E-state index contributed by atoms with van der Waals surface area (Å²) in [5.41, 5.74) is 2.33. The van der Waals surface area contributed by atoms with E-state index in [9.17, 15) is 4.79 Å². The third-order valence-corrected chi connectivity index (χ3v) is 4.33. The third-order valence-electron chi connectivity index (χ3n) is 4.33. The molecule has 24 heavy (non-hydrogen) atoms. The van der Waals surface area contributed by atoms with E-state index in [2.05, 4.69) is 40.4 Å². The molecule has 0 aliphatic carbocycles. The van der Waals surface area contributed by atoms with Gasteiger partial charge in [-0.05, 0) is 36.0 Å². The van der Waals surface area contributed by atoms with E-state index in [1.165, 1.54) is 6.42 Å². The molecule has 5 heteroatoms. The van der Waals surface area contributed by atoms with Crippen molar-refractivity contribution in [2.24, 2.45) is 10.4 Å². The Morgan fingerprint density at radius 2 is 2.17 bits per heavy atom. The Labute approximate surface area is 145 Å². The van der Waals surface area contributed by atoms with Crippen LogP contribution >= 0.6 is 0 Å². The van der Waals surface area contributed by atoms with Crippen LogP contribution in [-0.2, 0) is 11.3 Å². The molecule has 0 unspecified atom stereocenters. The highest BCUT2D eigenvalue weighted by atomic mass is 16.1. The number of nitrogens with one attached hydrogen (secondary N) is 2. The maximum absolute atomic E-state index is 11.7. The van der Waals surface area contributed by atoms with Gasteiger partial charge in [0.2, 0.25) is 5.91 Å². The average Bonchev–Trinajstić information content (AvgIpc) is 2.88. The Hall–Kier alpha value is -2.04. The van der Waals surface area contributed by atoms with Gasteiger partial charge in [0.1, 0.15) is 0 Å². The van der Waals surface area contributed by atoms with Gasteiger partial charge in [0.15, 0.2) is 5.96 Å². The molecular formula is C19H30N4O. The Kier molecular flexibility index (Phi) is 6.23. The number of carbonyl (C=O) groups is 1. The van der Waals surface area contributed by atoms with Crippen molar-refractivity contribution in [3.8, 4) is 0 Å². The van der Waals surface area contributed by atoms with E-state index >= 15 is 0 Å². The number of benzene rings is 1. The lowest BCUT2D eigenvalue weighted by molar-refractivity contribution is -0.116. The molecular weight excluding hydrogens is 300 g/mol. The lowest BCUT2D eigenvalue weighted by atomic mass is 9.93. The molecule has 5 nitrogen and oxygen atoms in total. The van der Waals surface area contributed by atoms with Crippen LogP contribution in [0.4, 0.5) is 5.69 Å². The summed E-state index contributed by atoms with van der Waals surface area (Å²) in [7, 11) is 1.83. The molecule has 0 spiro atoms. The van der Waals surface area contributed by atoms with Gasteiger partial charge in [-0.2, -0.15) is 0 Å². The molecule has 132 valence electrons. The monoisotopic (exact) mass is 330 g/mol. The van der Waals surface area contributed by atoms with E-state index < -0.39 is 0 Å². The SMILES string of the molecule is CCCC(=O)Nc1cccc(CNC(=NC)N2CCC(C)(C)C2)c1. The maximum Gasteiger partial charge on any atom is 0.224 e. The largest absolute Gasteiger partial charge is 0.352 e. The first-order valence-electron chi connectivity index (χ1n) is 8.78. The van der Waals surface area contributed by atoms with Crippen molar-refractivity contribution >= 4 is 17.6 Å². The van der Waals surface area contributed by atoms with Crippen molar-refractivity contribution in [1.82, 2.24) is 10.2 Å². The fourth-order valence-corrected chi connectivity index (χ4v) is 3.02. The Bertz CT molecular complexity index is 595. The summed E-state index contributed by atoms with van der Waals surface area (Å²) in [5, 5.41) is 6.38. The number of nitrogens with zero attached hydrogens (tertiary/aromatic N) is 2. The summed E-state index contributed by atoms with van der Waals surface area (Å²) in [6, 6.07) is 7.97. The number of anilines is 1. The molecule has 0 bridgehead atoms. The second kappa shape index (κ2) is 8.18. The summed E-state index contributed by atoms with van der Waals surface area (Å²) in [5.74, 6) is 1.01. The highest BCUT2D eigenvalue weighted by Gasteiger charge is 2.30. The summed E-state index contributed by atoms with van der Waals surface area (Å²) >= 11 is 0. The van der Waals surface area contributed by atoms with Crippen LogP contribution in [0.3, 0.4) is 0 Å². The molecule has 1 aliphatic heterocycles. The second-order valence-corrected chi connectivity index (χ2v) is 7.24. The predicted octanol–water partition coefficient (Wildman–Crippen LogP) is 3.23. The van der Waals surface area contributed by atoms with E-state index in [1.54, 1.807) is 0 Å². The van der Waals surface area contributed by atoms with Crippen LogP contribution in [-0.4, -0.2) is 36.9 Å². The van der Waals surface area contributed by atoms with Gasteiger partial charge in [-0.15, -0.1) is 0 Å². The highest BCUT2D eigenvalue weighted by Crippen LogP contribution is 2.28. The first-order valence-corrected chi connectivity index (χ1v) is 8.78. The van der Waals surface area contributed by atoms with E-state index in [-0.39, 0.29) is 5.91 Å². The van der Waals surface area contributed by atoms with E-state index in [4.69, 9.17) is 0 Å². The standard InChI is InChI=1S/C19H30N4O/c1-5-7-17(24)22-16-9-6-8-15(12-16)13-21-18(20-4)23-11-10-19(2,3)14-23/h6,8-9,12H,5,7,10-11,13-14H2,1-4H3,(H,20,21)(H,22,24). The van der Waals surface area contributed by atoms with Gasteiger partial charge in [0.05, 0.1) is 0 Å². The number of amides is 1. The van der Waals surface area contributed by atoms with Crippen LogP contribution in [0.2, 0.25) is 0 Å². The van der Waals surface area contributed by atoms with Crippen LogP contribution in [0.15, 0.2) is 29.3 Å². The van der Waals surface area contributed by atoms with Crippen molar-refractivity contribution in [3.63, 3.8) is 0 Å². The zero-order chi connectivity index (χ0) is 17.6. The molecule has 0 saturated carbocycles. The van der Waals surface area contributed by atoms with Crippen molar-refractivity contribution in [1.29, 1.82) is 0 Å². The molecule has 1 amide bonds. The zero-order valence-electron chi connectivity index (χ0n) is 15.4. The molecule has 1 aliphatic rings. The molecule has 2 N–H and O–H groups in total. The van der Waals surface area contributed by atoms with Gasteiger partial charge in [-0.1, -0.05) is 32.9 Å². The Balaban J connectivity index is 1.92. The van der Waals surface area contributed by atoms with Gasteiger partial charge in [0, 0.05) is 38.8 Å². The van der Waals surface area contributed by atoms with Gasteiger partial charge in [0.25, 0.3) is 0 Å². The smallest absolute Gasteiger partial charge is 0.224 e. The molecule has 1 aromatic rings. The molecule has 1 aromatic carbocycles. The van der Waals surface area contributed by atoms with E-state index in [1.807, 2.05) is 32.2 Å². The first kappa shape index (κ1) is 18.3. The highest BCUT2D eigenvalue weighted by molar-refractivity contribution is 5.90. The van der Waals surface area contributed by atoms with Crippen LogP contribution in [0, 0.1) is 5.41 Å². The minimum atomic E-state index is 0.0673. The fraction of sp³-hybridized carbons (Fsp3) is 0.579. The van der Waals surface area contributed by atoms with Gasteiger partial charge >= 0.3 is 0 Å². The van der Waals surface area contributed by atoms with Gasteiger partial charge in [-0.3, -0.25) is 9.79 Å². The van der Waals surface area contributed by atoms with E-state index in [0.717, 1.165) is 36.7 Å². The molecule has 0 atom stereocenters. The van der Waals surface area contributed by atoms with Crippen molar-refractivity contribution in [3.05, 3.63) is 29.8 Å². The van der Waals surface area contributed by atoms with Crippen molar-refractivity contribution in [2.45, 2.75) is 46.6 Å². The van der Waals surface area contributed by atoms with Gasteiger partial charge < -0.3 is 15.5 Å². The lowest BCUT2D eigenvalue weighted by Crippen LogP contribution is -2.40. The molecule has 1 saturated heterocycles. The molecule has 0 aromatic heterocycles. The minimum absolute atomic E-state index is 0.0673. The Morgan fingerprint density at radius 1 is 1.38 bits per heavy atom. The number of rotatable bonds is 5. The summed E-state index contributed by atoms with van der Waals surface area (Å²) in [4.78, 5) is 18.4. The number of hydrogen-bond acceptors (Lipinski definition) is 2. The second-order valence-electron chi connectivity index (χ2n) is 7.24. The van der Waals surface area contributed by atoms with Crippen LogP contribution < -0.4 is 10.6 Å². The third kappa shape index (κ3) is 5.25. The number of hydrogen-bond donors (Lipinski definition) is 2. The van der Waals surface area contributed by atoms with Crippen LogP contribution in [0.25, 0.3) is 0 Å². The van der Waals surface area contributed by atoms with Crippen LogP contribution in [0.5, 0.6) is 0 Å². The lowest BCUT2D eigenvalue weighted by Gasteiger charge is -2.23. The van der Waals surface area contributed by atoms with E-state index in [0.29, 0.717) is 18.4 Å². The maximum atomic E-state index is 11.7. The normalized spacial score (nSPS) is 17.0. The number of guanidine groups is 1. The summed E-state index contributed by atoms with van der Waals surface area (Å²) < 4.78 is 0. The average molecular weight is 330 g/mol. The quantitative estimate of drug-likeness (QED) is 0.644. The summed E-state index contributed by atoms with van der Waals surface area (Å²) in [6.45, 7) is 9.36. The topological polar surface area (TPSA) is 56.7 Å². The Morgan fingerprint density at radius 3 is 2.79 bits per heavy atom. The van der Waals surface area contributed by atoms with Crippen LogP contribution in [0.1, 0.15) is 45.6 Å². The molecule has 2 rings (SSSR count). The molecule has 1 heterocycles.